The lowest BCUT2D eigenvalue weighted by Crippen LogP contribution is -2.31. The number of rotatable bonds is 3. The van der Waals surface area contributed by atoms with Crippen LogP contribution in [0.3, 0.4) is 0 Å². The van der Waals surface area contributed by atoms with Crippen molar-refractivity contribution >= 4 is 15.9 Å². The van der Waals surface area contributed by atoms with Gasteiger partial charge < -0.3 is 5.73 Å². The molecule has 1 aliphatic heterocycles. The zero-order valence-corrected chi connectivity index (χ0v) is 10.3. The molecule has 1 saturated heterocycles. The molecule has 0 amide bonds. The first-order valence-electron chi connectivity index (χ1n) is 5.36. The fourth-order valence-corrected chi connectivity index (χ4v) is 2.54. The van der Waals surface area contributed by atoms with Crippen LogP contribution in [0.25, 0.3) is 0 Å². The molecule has 1 unspecified atom stereocenters. The Bertz CT molecular complexity index is 323. The SMILES string of the molecule is NCC(c1cncc(Br)c1)N1CCCC1. The lowest BCUT2D eigenvalue weighted by Gasteiger charge is -2.26. The fraction of sp³-hybridized carbons (Fsp3) is 0.545. The summed E-state index contributed by atoms with van der Waals surface area (Å²) in [6, 6.07) is 2.44. The van der Waals surface area contributed by atoms with E-state index in [4.69, 9.17) is 5.73 Å². The van der Waals surface area contributed by atoms with Crippen molar-refractivity contribution in [2.75, 3.05) is 19.6 Å². The highest BCUT2D eigenvalue weighted by molar-refractivity contribution is 9.10. The van der Waals surface area contributed by atoms with Crippen molar-refractivity contribution in [2.24, 2.45) is 5.73 Å². The van der Waals surface area contributed by atoms with Gasteiger partial charge in [-0.2, -0.15) is 0 Å². The number of nitrogens with two attached hydrogens (primary N) is 1. The molecule has 2 rings (SSSR count). The van der Waals surface area contributed by atoms with E-state index in [-0.39, 0.29) is 0 Å². The molecular weight excluding hydrogens is 254 g/mol. The first kappa shape index (κ1) is 11.0. The molecule has 1 atom stereocenters. The highest BCUT2D eigenvalue weighted by Crippen LogP contribution is 2.25. The Balaban J connectivity index is 2.18. The number of pyridine rings is 1. The summed E-state index contributed by atoms with van der Waals surface area (Å²) in [5.41, 5.74) is 7.07. The Morgan fingerprint density at radius 1 is 1.40 bits per heavy atom. The van der Waals surface area contributed by atoms with E-state index in [1.165, 1.54) is 18.4 Å². The van der Waals surface area contributed by atoms with Crippen molar-refractivity contribution in [3.63, 3.8) is 0 Å². The van der Waals surface area contributed by atoms with Crippen LogP contribution in [0.4, 0.5) is 0 Å². The van der Waals surface area contributed by atoms with Gasteiger partial charge in [0.25, 0.3) is 0 Å². The summed E-state index contributed by atoms with van der Waals surface area (Å²) < 4.78 is 1.03. The third-order valence-electron chi connectivity index (χ3n) is 2.92. The van der Waals surface area contributed by atoms with Crippen LogP contribution in [-0.4, -0.2) is 29.5 Å². The second-order valence-electron chi connectivity index (χ2n) is 3.93. The molecule has 0 saturated carbocycles. The Labute approximate surface area is 98.8 Å². The van der Waals surface area contributed by atoms with E-state index in [9.17, 15) is 0 Å². The third-order valence-corrected chi connectivity index (χ3v) is 3.35. The second kappa shape index (κ2) is 5.05. The number of likely N-dealkylation sites (tertiary alicyclic amines) is 1. The maximum atomic E-state index is 5.85. The molecule has 3 nitrogen and oxygen atoms in total. The monoisotopic (exact) mass is 269 g/mol. The molecule has 0 bridgehead atoms. The van der Waals surface area contributed by atoms with E-state index >= 15 is 0 Å². The fourth-order valence-electron chi connectivity index (χ4n) is 2.16. The predicted octanol–water partition coefficient (Wildman–Crippen LogP) is 1.94. The number of hydrogen-bond donors (Lipinski definition) is 1. The summed E-state index contributed by atoms with van der Waals surface area (Å²) in [6.45, 7) is 2.99. The number of hydrogen-bond acceptors (Lipinski definition) is 3. The van der Waals surface area contributed by atoms with Crippen molar-refractivity contribution in [2.45, 2.75) is 18.9 Å². The van der Waals surface area contributed by atoms with Gasteiger partial charge in [0, 0.05) is 29.5 Å². The zero-order valence-electron chi connectivity index (χ0n) is 8.69. The van der Waals surface area contributed by atoms with Crippen LogP contribution in [0, 0.1) is 0 Å². The minimum atomic E-state index is 0.331. The van der Waals surface area contributed by atoms with Gasteiger partial charge >= 0.3 is 0 Å². The molecule has 2 N–H and O–H groups in total. The van der Waals surface area contributed by atoms with Crippen molar-refractivity contribution in [3.8, 4) is 0 Å². The molecule has 1 aliphatic rings. The molecule has 0 spiro atoms. The average molecular weight is 270 g/mol. The highest BCUT2D eigenvalue weighted by atomic mass is 79.9. The first-order chi connectivity index (χ1) is 7.31. The van der Waals surface area contributed by atoms with Crippen LogP contribution in [0.15, 0.2) is 22.9 Å². The van der Waals surface area contributed by atoms with Gasteiger partial charge in [0.2, 0.25) is 0 Å². The third kappa shape index (κ3) is 2.56. The van der Waals surface area contributed by atoms with Crippen LogP contribution in [-0.2, 0) is 0 Å². The smallest absolute Gasteiger partial charge is 0.0486 e. The van der Waals surface area contributed by atoms with Gasteiger partial charge in [0.1, 0.15) is 0 Å². The summed E-state index contributed by atoms with van der Waals surface area (Å²) in [7, 11) is 0. The number of halogens is 1. The lowest BCUT2D eigenvalue weighted by molar-refractivity contribution is 0.251. The van der Waals surface area contributed by atoms with E-state index in [0.29, 0.717) is 12.6 Å². The maximum Gasteiger partial charge on any atom is 0.0486 e. The van der Waals surface area contributed by atoms with Crippen LogP contribution in [0.5, 0.6) is 0 Å². The summed E-state index contributed by atoms with van der Waals surface area (Å²) in [5.74, 6) is 0. The standard InChI is InChI=1S/C11H16BrN3/c12-10-5-9(7-14-8-10)11(6-13)15-3-1-2-4-15/h5,7-8,11H,1-4,6,13H2. The van der Waals surface area contributed by atoms with Crippen molar-refractivity contribution in [3.05, 3.63) is 28.5 Å². The summed E-state index contributed by atoms with van der Waals surface area (Å²) in [5, 5.41) is 0. The highest BCUT2D eigenvalue weighted by Gasteiger charge is 2.22. The van der Waals surface area contributed by atoms with Gasteiger partial charge in [-0.25, -0.2) is 0 Å². The summed E-state index contributed by atoms with van der Waals surface area (Å²) in [6.07, 6.45) is 6.30. The molecule has 1 aromatic heterocycles. The molecule has 1 fully saturated rings. The molecule has 0 aromatic carbocycles. The predicted molar refractivity (Wildman–Crippen MR) is 64.5 cm³/mol. The van der Waals surface area contributed by atoms with Crippen molar-refractivity contribution in [1.29, 1.82) is 0 Å². The van der Waals surface area contributed by atoms with Crippen LogP contribution < -0.4 is 5.73 Å². The molecular formula is C11H16BrN3. The zero-order chi connectivity index (χ0) is 10.7. The van der Waals surface area contributed by atoms with Gasteiger partial charge in [-0.05, 0) is 53.5 Å². The topological polar surface area (TPSA) is 42.1 Å². The Hall–Kier alpha value is -0.450. The van der Waals surface area contributed by atoms with E-state index in [2.05, 4.69) is 31.9 Å². The van der Waals surface area contributed by atoms with Gasteiger partial charge in [0.05, 0.1) is 0 Å². The molecule has 0 radical (unpaired) electrons. The van der Waals surface area contributed by atoms with Gasteiger partial charge in [-0.3, -0.25) is 9.88 Å². The van der Waals surface area contributed by atoms with E-state index in [1.54, 1.807) is 6.20 Å². The van der Waals surface area contributed by atoms with Crippen LogP contribution >= 0.6 is 15.9 Å². The molecule has 15 heavy (non-hydrogen) atoms. The first-order valence-corrected chi connectivity index (χ1v) is 6.15. The summed E-state index contributed by atoms with van der Waals surface area (Å²) >= 11 is 3.45. The van der Waals surface area contributed by atoms with Crippen LogP contribution in [0.1, 0.15) is 24.4 Å². The van der Waals surface area contributed by atoms with Crippen molar-refractivity contribution in [1.82, 2.24) is 9.88 Å². The van der Waals surface area contributed by atoms with Crippen molar-refractivity contribution < 1.29 is 0 Å². The second-order valence-corrected chi connectivity index (χ2v) is 4.85. The number of nitrogens with zero attached hydrogens (tertiary/aromatic N) is 2. The molecule has 2 heterocycles. The Kier molecular flexibility index (Phi) is 3.72. The maximum absolute atomic E-state index is 5.85. The van der Waals surface area contributed by atoms with Gasteiger partial charge in [-0.15, -0.1) is 0 Å². The normalized spacial score (nSPS) is 19.3. The average Bonchev–Trinajstić information content (AvgIpc) is 2.72. The largest absolute Gasteiger partial charge is 0.329 e. The van der Waals surface area contributed by atoms with E-state index in [1.807, 2.05) is 6.20 Å². The molecule has 4 heteroatoms. The molecule has 1 aromatic rings. The Morgan fingerprint density at radius 3 is 2.73 bits per heavy atom. The van der Waals surface area contributed by atoms with Crippen LogP contribution in [0.2, 0.25) is 0 Å². The van der Waals surface area contributed by atoms with E-state index in [0.717, 1.165) is 17.6 Å². The van der Waals surface area contributed by atoms with Gasteiger partial charge in [-0.1, -0.05) is 0 Å². The molecule has 0 aliphatic carbocycles. The minimum absolute atomic E-state index is 0.331. The van der Waals surface area contributed by atoms with Gasteiger partial charge in [0.15, 0.2) is 0 Å². The molecule has 82 valence electrons. The minimum Gasteiger partial charge on any atom is -0.329 e. The Morgan fingerprint density at radius 2 is 2.13 bits per heavy atom. The lowest BCUT2D eigenvalue weighted by atomic mass is 10.1. The quantitative estimate of drug-likeness (QED) is 0.912. The summed E-state index contributed by atoms with van der Waals surface area (Å²) in [4.78, 5) is 6.64. The number of aromatic nitrogens is 1. The van der Waals surface area contributed by atoms with E-state index < -0.39 is 0 Å².